The first-order valence-electron chi connectivity index (χ1n) is 10.3. The lowest BCUT2D eigenvalue weighted by Gasteiger charge is -2.33. The molecule has 9 nitrogen and oxygen atoms in total. The van der Waals surface area contributed by atoms with Gasteiger partial charge in [0.2, 0.25) is 0 Å². The molecule has 0 aliphatic carbocycles. The molecule has 1 fully saturated rings. The number of nitrogens with one attached hydrogen (secondary N) is 2. The van der Waals surface area contributed by atoms with Gasteiger partial charge in [-0.25, -0.2) is 14.6 Å². The molecule has 2 atom stereocenters. The van der Waals surface area contributed by atoms with E-state index in [0.29, 0.717) is 28.0 Å². The zero-order valence-electron chi connectivity index (χ0n) is 17.5. The second kappa shape index (κ2) is 7.83. The number of carbonyl (C=O) groups is 1. The molecule has 2 aliphatic rings. The van der Waals surface area contributed by atoms with Crippen molar-refractivity contribution in [2.24, 2.45) is 7.05 Å². The lowest BCUT2D eigenvalue weighted by Crippen LogP contribution is -2.38. The van der Waals surface area contributed by atoms with E-state index in [4.69, 9.17) is 23.2 Å². The predicted octanol–water partition coefficient (Wildman–Crippen LogP) is 3.26. The van der Waals surface area contributed by atoms with Gasteiger partial charge in [0.1, 0.15) is 11.9 Å². The Morgan fingerprint density at radius 2 is 2.03 bits per heavy atom. The van der Waals surface area contributed by atoms with Crippen LogP contribution in [0.5, 0.6) is 0 Å². The zero-order valence-corrected chi connectivity index (χ0v) is 19.0. The fourth-order valence-electron chi connectivity index (χ4n) is 4.56. The van der Waals surface area contributed by atoms with Crippen molar-refractivity contribution >= 4 is 34.9 Å². The van der Waals surface area contributed by atoms with Crippen LogP contribution in [0.1, 0.15) is 43.2 Å². The van der Waals surface area contributed by atoms with Crippen LogP contribution in [0.2, 0.25) is 10.0 Å². The molecule has 0 bridgehead atoms. The maximum absolute atomic E-state index is 14.0. The molecule has 1 unspecified atom stereocenters. The second-order valence-electron chi connectivity index (χ2n) is 8.00. The molecule has 2 aliphatic heterocycles. The molecule has 2 N–H and O–H groups in total. The number of nitrogens with zero attached hydrogens (tertiary/aromatic N) is 5. The number of amides is 1. The first-order chi connectivity index (χ1) is 15.4. The van der Waals surface area contributed by atoms with E-state index in [1.807, 2.05) is 19.1 Å². The standard InChI is InChI=1S/C21H21Cl2N7O2/c1-11-17(20(31)29-9-3-4-15(29)19-26-27-21(32)28(19)2)18(30-16(25-11)7-8-24-30)12-5-6-13(22)14(23)10-12/h5-8,10,15,18,25H,3-4,9H2,1-2H3,(H,27,32)/t15-,18?/m0/s1. The van der Waals surface area contributed by atoms with Crippen molar-refractivity contribution < 1.29 is 4.79 Å². The summed E-state index contributed by atoms with van der Waals surface area (Å²) in [5.41, 5.74) is 1.80. The highest BCUT2D eigenvalue weighted by Gasteiger charge is 2.40. The lowest BCUT2D eigenvalue weighted by atomic mass is 9.94. The molecule has 166 valence electrons. The predicted molar refractivity (Wildman–Crippen MR) is 121 cm³/mol. The molecule has 1 aromatic carbocycles. The minimum atomic E-state index is -0.479. The number of aromatic nitrogens is 5. The summed E-state index contributed by atoms with van der Waals surface area (Å²) < 4.78 is 3.23. The van der Waals surface area contributed by atoms with E-state index >= 15 is 0 Å². The number of likely N-dealkylation sites (tertiary alicyclic amines) is 1. The van der Waals surface area contributed by atoms with Crippen molar-refractivity contribution in [2.75, 3.05) is 11.9 Å². The van der Waals surface area contributed by atoms with Crippen LogP contribution in [-0.4, -0.2) is 41.9 Å². The first kappa shape index (κ1) is 20.8. The number of hydrogen-bond acceptors (Lipinski definition) is 5. The van der Waals surface area contributed by atoms with Crippen LogP contribution in [0.4, 0.5) is 5.82 Å². The van der Waals surface area contributed by atoms with Crippen molar-refractivity contribution in [1.82, 2.24) is 29.4 Å². The maximum Gasteiger partial charge on any atom is 0.343 e. The number of anilines is 1. The summed E-state index contributed by atoms with van der Waals surface area (Å²) in [7, 11) is 1.66. The minimum Gasteiger partial charge on any atom is -0.344 e. The van der Waals surface area contributed by atoms with E-state index < -0.39 is 6.04 Å². The quantitative estimate of drug-likeness (QED) is 0.607. The SMILES string of the molecule is CC1=C(C(=O)N2CCC[C@H]2c2n[nH]c(=O)n2C)C(c2ccc(Cl)c(Cl)c2)n2nccc2N1. The normalized spacial score (nSPS) is 20.4. The molecule has 32 heavy (non-hydrogen) atoms. The van der Waals surface area contributed by atoms with E-state index in [2.05, 4.69) is 20.6 Å². The van der Waals surface area contributed by atoms with Gasteiger partial charge in [-0.1, -0.05) is 29.3 Å². The molecule has 0 radical (unpaired) electrons. The molecule has 2 aromatic heterocycles. The number of fused-ring (bicyclic) bond motifs is 1. The summed E-state index contributed by atoms with van der Waals surface area (Å²) in [5.74, 6) is 1.20. The van der Waals surface area contributed by atoms with Gasteiger partial charge in [0.25, 0.3) is 5.91 Å². The van der Waals surface area contributed by atoms with Crippen LogP contribution in [0.3, 0.4) is 0 Å². The summed E-state index contributed by atoms with van der Waals surface area (Å²) in [6, 6.07) is 6.43. The summed E-state index contributed by atoms with van der Waals surface area (Å²) >= 11 is 12.5. The Bertz CT molecular complexity index is 1310. The molecular weight excluding hydrogens is 453 g/mol. The van der Waals surface area contributed by atoms with Gasteiger partial charge >= 0.3 is 5.69 Å². The maximum atomic E-state index is 14.0. The fraction of sp³-hybridized carbons (Fsp3) is 0.333. The number of benzene rings is 1. The molecule has 1 saturated heterocycles. The van der Waals surface area contributed by atoms with E-state index in [-0.39, 0.29) is 17.6 Å². The fourth-order valence-corrected chi connectivity index (χ4v) is 4.87. The van der Waals surface area contributed by atoms with Crippen molar-refractivity contribution in [3.05, 3.63) is 73.6 Å². The van der Waals surface area contributed by atoms with E-state index in [1.54, 1.807) is 35.0 Å². The number of aromatic amines is 1. The second-order valence-corrected chi connectivity index (χ2v) is 8.82. The highest BCUT2D eigenvalue weighted by molar-refractivity contribution is 6.42. The Morgan fingerprint density at radius 1 is 1.22 bits per heavy atom. The molecule has 3 aromatic rings. The zero-order chi connectivity index (χ0) is 22.6. The minimum absolute atomic E-state index is 0.134. The van der Waals surface area contributed by atoms with Gasteiger partial charge in [-0.05, 0) is 37.5 Å². The molecule has 11 heteroatoms. The van der Waals surface area contributed by atoms with Crippen molar-refractivity contribution in [3.63, 3.8) is 0 Å². The molecule has 4 heterocycles. The van der Waals surface area contributed by atoms with Crippen molar-refractivity contribution in [1.29, 1.82) is 0 Å². The number of H-pyrrole nitrogens is 1. The number of rotatable bonds is 3. The summed E-state index contributed by atoms with van der Waals surface area (Å²) in [6.07, 6.45) is 3.24. The van der Waals surface area contributed by atoms with Gasteiger partial charge in [-0.2, -0.15) is 10.2 Å². The Hall–Kier alpha value is -3.04. The Labute approximate surface area is 193 Å². The van der Waals surface area contributed by atoms with E-state index in [9.17, 15) is 9.59 Å². The van der Waals surface area contributed by atoms with Gasteiger partial charge in [-0.3, -0.25) is 9.36 Å². The Balaban J connectivity index is 1.59. The highest BCUT2D eigenvalue weighted by Crippen LogP contribution is 2.40. The molecule has 5 rings (SSSR count). The van der Waals surface area contributed by atoms with Crippen LogP contribution in [0.15, 0.2) is 46.5 Å². The summed E-state index contributed by atoms with van der Waals surface area (Å²) in [5, 5.41) is 15.2. The average molecular weight is 474 g/mol. The van der Waals surface area contributed by atoms with Gasteiger partial charge in [0.05, 0.1) is 27.9 Å². The number of halogens is 2. The largest absolute Gasteiger partial charge is 0.344 e. The van der Waals surface area contributed by atoms with Gasteiger partial charge in [0.15, 0.2) is 5.82 Å². The molecule has 0 spiro atoms. The number of allylic oxidation sites excluding steroid dienone is 1. The van der Waals surface area contributed by atoms with Crippen LogP contribution < -0.4 is 11.0 Å². The van der Waals surface area contributed by atoms with E-state index in [1.165, 1.54) is 4.57 Å². The number of carbonyl (C=O) groups excluding carboxylic acids is 1. The average Bonchev–Trinajstić information content (AvgIpc) is 3.50. The van der Waals surface area contributed by atoms with Crippen molar-refractivity contribution in [2.45, 2.75) is 31.8 Å². The van der Waals surface area contributed by atoms with Crippen LogP contribution in [0, 0.1) is 0 Å². The van der Waals surface area contributed by atoms with Crippen LogP contribution >= 0.6 is 23.2 Å². The van der Waals surface area contributed by atoms with Gasteiger partial charge in [-0.15, -0.1) is 0 Å². The smallest absolute Gasteiger partial charge is 0.343 e. The topological polar surface area (TPSA) is 101 Å². The van der Waals surface area contributed by atoms with E-state index in [0.717, 1.165) is 29.9 Å². The highest BCUT2D eigenvalue weighted by atomic mass is 35.5. The summed E-state index contributed by atoms with van der Waals surface area (Å²) in [6.45, 7) is 2.45. The monoisotopic (exact) mass is 473 g/mol. The Kier molecular flexibility index (Phi) is 5.10. The van der Waals surface area contributed by atoms with Gasteiger partial charge in [0, 0.05) is 25.4 Å². The molecule has 1 amide bonds. The van der Waals surface area contributed by atoms with Crippen molar-refractivity contribution in [3.8, 4) is 0 Å². The molecule has 0 saturated carbocycles. The third kappa shape index (κ3) is 3.23. The van der Waals surface area contributed by atoms with Crippen LogP contribution in [-0.2, 0) is 11.8 Å². The van der Waals surface area contributed by atoms with Crippen LogP contribution in [0.25, 0.3) is 0 Å². The third-order valence-electron chi connectivity index (χ3n) is 6.12. The molecular formula is C21H21Cl2N7O2. The number of hydrogen-bond donors (Lipinski definition) is 2. The van der Waals surface area contributed by atoms with Gasteiger partial charge < -0.3 is 10.2 Å². The third-order valence-corrected chi connectivity index (χ3v) is 6.86. The summed E-state index contributed by atoms with van der Waals surface area (Å²) in [4.78, 5) is 27.7. The Morgan fingerprint density at radius 3 is 2.75 bits per heavy atom. The first-order valence-corrected chi connectivity index (χ1v) is 11.0. The lowest BCUT2D eigenvalue weighted by molar-refractivity contribution is -0.128.